The van der Waals surface area contributed by atoms with Gasteiger partial charge in [0.05, 0.1) is 0 Å². The van der Waals surface area contributed by atoms with Crippen molar-refractivity contribution in [3.63, 3.8) is 0 Å². The molecule has 0 saturated heterocycles. The fourth-order valence-corrected chi connectivity index (χ4v) is 1.06. The molecule has 0 heterocycles. The van der Waals surface area contributed by atoms with Crippen molar-refractivity contribution in [3.8, 4) is 0 Å². The van der Waals surface area contributed by atoms with Crippen LogP contribution in [0, 0.1) is 0 Å². The van der Waals surface area contributed by atoms with E-state index in [4.69, 9.17) is 0 Å². The second-order valence-electron chi connectivity index (χ2n) is 2.52. The monoisotopic (exact) mass is 160 g/mol. The van der Waals surface area contributed by atoms with Crippen molar-refractivity contribution in [2.45, 2.75) is 38.5 Å². The summed E-state index contributed by atoms with van der Waals surface area (Å²) in [5.74, 6) is 0. The second-order valence-corrected chi connectivity index (χ2v) is 3.00. The largest absolute Gasteiger partial charge is 0.377 e. The van der Waals surface area contributed by atoms with Crippen LogP contribution in [-0.4, -0.2) is 5.11 Å². The van der Waals surface area contributed by atoms with Gasteiger partial charge in [0.1, 0.15) is 0 Å². The molecule has 3 heteroatoms. The molecule has 0 bridgehead atoms. The van der Waals surface area contributed by atoms with E-state index in [1.807, 2.05) is 0 Å². The molecule has 1 aliphatic carbocycles. The Bertz CT molecular complexity index is 74.1. The molecule has 0 unspecified atom stereocenters. The Kier molecular flexibility index (Phi) is 6.59. The van der Waals surface area contributed by atoms with Gasteiger partial charge in [0.25, 0.3) is 0 Å². The van der Waals surface area contributed by atoms with Gasteiger partial charge in [0, 0.05) is 0 Å². The smallest absolute Gasteiger partial charge is 0.160 e. The Morgan fingerprint density at radius 1 is 0.800 bits per heavy atom. The normalized spacial score (nSPS) is 16.8. The van der Waals surface area contributed by atoms with Gasteiger partial charge in [-0.05, 0) is 12.2 Å². The lowest BCUT2D eigenvalue weighted by molar-refractivity contribution is 0.504. The molecule has 4 N–H and O–H groups in total. The minimum absolute atomic E-state index is 0.000000000000000222. The first-order valence-electron chi connectivity index (χ1n) is 3.78. The number of nitrogens with two attached hydrogens (primary N) is 2. The van der Waals surface area contributed by atoms with Crippen LogP contribution < -0.4 is 11.5 Å². The van der Waals surface area contributed by atoms with E-state index < -0.39 is 0 Å². The van der Waals surface area contributed by atoms with E-state index >= 15 is 0 Å². The van der Waals surface area contributed by atoms with Gasteiger partial charge >= 0.3 is 0 Å². The van der Waals surface area contributed by atoms with Crippen LogP contribution in [0.4, 0.5) is 0 Å². The minimum Gasteiger partial charge on any atom is -0.377 e. The lowest BCUT2D eigenvalue weighted by Gasteiger charge is -2.05. The molecule has 1 fully saturated rings. The van der Waals surface area contributed by atoms with Gasteiger partial charge in [0.2, 0.25) is 0 Å². The number of hydrogen-bond donors (Lipinski definition) is 2. The molecule has 0 spiro atoms. The Hall–Kier alpha value is -0.310. The lowest BCUT2D eigenvalue weighted by Crippen LogP contribution is -2.18. The van der Waals surface area contributed by atoms with Crippen LogP contribution in [0.15, 0.2) is 0 Å². The van der Waals surface area contributed by atoms with Crippen molar-refractivity contribution in [2.75, 3.05) is 0 Å². The molecule has 0 atom stereocenters. The maximum Gasteiger partial charge on any atom is 0.160 e. The number of rotatable bonds is 0. The lowest BCUT2D eigenvalue weighted by atomic mass is 10.0. The molecule has 0 radical (unpaired) electrons. The van der Waals surface area contributed by atoms with Crippen LogP contribution in [0.25, 0.3) is 0 Å². The maximum atomic E-state index is 4.62. The van der Waals surface area contributed by atoms with Gasteiger partial charge in [-0.15, -0.1) is 0 Å². The molecule has 1 aliphatic rings. The van der Waals surface area contributed by atoms with Crippen molar-refractivity contribution in [2.24, 2.45) is 11.5 Å². The third-order valence-electron chi connectivity index (χ3n) is 1.50. The van der Waals surface area contributed by atoms with E-state index in [9.17, 15) is 0 Å². The fraction of sp³-hybridized carbons (Fsp3) is 0.857. The zero-order chi connectivity index (χ0) is 7.82. The van der Waals surface area contributed by atoms with Gasteiger partial charge < -0.3 is 11.5 Å². The third kappa shape index (κ3) is 10.6. The summed E-state index contributed by atoms with van der Waals surface area (Å²) in [6, 6.07) is 0. The van der Waals surface area contributed by atoms with Crippen LogP contribution in [0.1, 0.15) is 38.5 Å². The fourth-order valence-electron chi connectivity index (χ4n) is 1.06. The summed E-state index contributed by atoms with van der Waals surface area (Å²) in [4.78, 5) is 0. The molecule has 0 aromatic carbocycles. The average molecular weight is 160 g/mol. The van der Waals surface area contributed by atoms with E-state index in [1.165, 1.54) is 38.5 Å². The Morgan fingerprint density at radius 3 is 1.00 bits per heavy atom. The van der Waals surface area contributed by atoms with Crippen LogP contribution in [0.5, 0.6) is 0 Å². The second kappa shape index (κ2) is 6.81. The molecule has 10 heavy (non-hydrogen) atoms. The van der Waals surface area contributed by atoms with Crippen molar-refractivity contribution in [3.05, 3.63) is 0 Å². The summed E-state index contributed by atoms with van der Waals surface area (Å²) in [6.07, 6.45) is 9.00. The number of hydrogen-bond acceptors (Lipinski definition) is 1. The SMILES string of the molecule is C1CCCCC1.NC(N)=S. The summed E-state index contributed by atoms with van der Waals surface area (Å²) >= 11 is 4.09. The van der Waals surface area contributed by atoms with Gasteiger partial charge in [-0.25, -0.2) is 0 Å². The van der Waals surface area contributed by atoms with Gasteiger partial charge in [0.15, 0.2) is 5.11 Å². The summed E-state index contributed by atoms with van der Waals surface area (Å²) in [5.41, 5.74) is 9.24. The maximum absolute atomic E-state index is 4.62. The van der Waals surface area contributed by atoms with E-state index in [1.54, 1.807) is 0 Å². The Balaban J connectivity index is 0.000000180. The highest BCUT2D eigenvalue weighted by molar-refractivity contribution is 7.80. The van der Waals surface area contributed by atoms with Crippen molar-refractivity contribution in [1.29, 1.82) is 0 Å². The summed E-state index contributed by atoms with van der Waals surface area (Å²) < 4.78 is 0. The zero-order valence-corrected chi connectivity index (χ0v) is 7.12. The predicted octanol–water partition coefficient (Wildman–Crippen LogP) is 1.53. The quantitative estimate of drug-likeness (QED) is 0.528. The minimum atomic E-state index is 0.000000000000000222. The molecule has 0 amide bonds. The summed E-state index contributed by atoms with van der Waals surface area (Å²) in [7, 11) is 0. The molecule has 0 aromatic heterocycles. The zero-order valence-electron chi connectivity index (χ0n) is 6.31. The summed E-state index contributed by atoms with van der Waals surface area (Å²) in [5, 5.41) is 0.000000000000000222. The highest BCUT2D eigenvalue weighted by atomic mass is 32.1. The topological polar surface area (TPSA) is 52.0 Å². The third-order valence-corrected chi connectivity index (χ3v) is 1.50. The van der Waals surface area contributed by atoms with E-state index in [-0.39, 0.29) is 5.11 Å². The van der Waals surface area contributed by atoms with Crippen molar-refractivity contribution < 1.29 is 0 Å². The summed E-state index contributed by atoms with van der Waals surface area (Å²) in [6.45, 7) is 0. The van der Waals surface area contributed by atoms with Crippen molar-refractivity contribution >= 4 is 17.3 Å². The highest BCUT2D eigenvalue weighted by Crippen LogP contribution is 2.15. The Morgan fingerprint density at radius 2 is 0.900 bits per heavy atom. The van der Waals surface area contributed by atoms with Crippen molar-refractivity contribution in [1.82, 2.24) is 0 Å². The van der Waals surface area contributed by atoms with E-state index in [0.29, 0.717) is 0 Å². The average Bonchev–Trinajstić information content (AvgIpc) is 1.90. The molecule has 2 nitrogen and oxygen atoms in total. The Labute approximate surface area is 68.0 Å². The molecule has 1 saturated carbocycles. The van der Waals surface area contributed by atoms with E-state index in [0.717, 1.165) is 0 Å². The van der Waals surface area contributed by atoms with Crippen LogP contribution in [-0.2, 0) is 0 Å². The molecule has 0 aliphatic heterocycles. The van der Waals surface area contributed by atoms with Crippen LogP contribution >= 0.6 is 12.2 Å². The molecule has 1 rings (SSSR count). The molecule has 0 aromatic rings. The van der Waals surface area contributed by atoms with Gasteiger partial charge in [-0.2, -0.15) is 0 Å². The molecular weight excluding hydrogens is 144 g/mol. The standard InChI is InChI=1S/C6H12.CH4N2S/c1-2-4-6-5-3-1;2-1(3)4/h1-6H2;(H4,2,3,4). The first kappa shape index (κ1) is 9.69. The highest BCUT2D eigenvalue weighted by Gasteiger charge is 1.95. The first-order chi connectivity index (χ1) is 4.73. The van der Waals surface area contributed by atoms with Crippen LogP contribution in [0.3, 0.4) is 0 Å². The van der Waals surface area contributed by atoms with Gasteiger partial charge in [-0.3, -0.25) is 0 Å². The van der Waals surface area contributed by atoms with Crippen LogP contribution in [0.2, 0.25) is 0 Å². The molecular formula is C7H16N2S. The molecule has 60 valence electrons. The van der Waals surface area contributed by atoms with Gasteiger partial charge in [-0.1, -0.05) is 38.5 Å². The first-order valence-corrected chi connectivity index (χ1v) is 4.19. The van der Waals surface area contributed by atoms with E-state index in [2.05, 4.69) is 23.7 Å². The predicted molar refractivity (Wildman–Crippen MR) is 48.7 cm³/mol. The number of thiocarbonyl (C=S) groups is 1.